The molecule has 0 amide bonds. The van der Waals surface area contributed by atoms with E-state index in [4.69, 9.17) is 5.73 Å². The van der Waals surface area contributed by atoms with Crippen molar-refractivity contribution in [1.82, 2.24) is 4.57 Å². The lowest BCUT2D eigenvalue weighted by Crippen LogP contribution is -2.07. The molecule has 2 N–H and O–H groups in total. The van der Waals surface area contributed by atoms with Crippen LogP contribution in [0.4, 0.5) is 8.78 Å². The molecule has 0 fully saturated rings. The van der Waals surface area contributed by atoms with E-state index in [1.165, 1.54) is 12.1 Å². The van der Waals surface area contributed by atoms with Crippen LogP contribution in [-0.2, 0) is 6.54 Å². The van der Waals surface area contributed by atoms with Gasteiger partial charge in [0.2, 0.25) is 0 Å². The number of nitrogens with two attached hydrogens (primary N) is 1. The highest BCUT2D eigenvalue weighted by atomic mass is 19.1. The first-order chi connectivity index (χ1) is 8.58. The molecule has 2 aromatic rings. The first-order valence-electron chi connectivity index (χ1n) is 5.94. The Morgan fingerprint density at radius 2 is 1.89 bits per heavy atom. The molecular formula is C14H16F2N2. The fourth-order valence-electron chi connectivity index (χ4n) is 1.93. The molecule has 4 heteroatoms. The second kappa shape index (κ2) is 5.31. The molecule has 0 saturated heterocycles. The van der Waals surface area contributed by atoms with Gasteiger partial charge in [-0.3, -0.25) is 0 Å². The molecule has 0 bridgehead atoms. The Morgan fingerprint density at radius 1 is 1.22 bits per heavy atom. The van der Waals surface area contributed by atoms with Crippen molar-refractivity contribution in [1.29, 1.82) is 0 Å². The van der Waals surface area contributed by atoms with E-state index >= 15 is 0 Å². The summed E-state index contributed by atoms with van der Waals surface area (Å²) >= 11 is 0. The van der Waals surface area contributed by atoms with Gasteiger partial charge in [-0.2, -0.15) is 0 Å². The largest absolute Gasteiger partial charge is 0.350 e. The van der Waals surface area contributed by atoms with Gasteiger partial charge in [0.1, 0.15) is 11.6 Å². The van der Waals surface area contributed by atoms with Crippen LogP contribution < -0.4 is 5.73 Å². The summed E-state index contributed by atoms with van der Waals surface area (Å²) in [5.41, 5.74) is 7.55. The molecule has 18 heavy (non-hydrogen) atoms. The van der Waals surface area contributed by atoms with Crippen molar-refractivity contribution >= 4 is 0 Å². The van der Waals surface area contributed by atoms with Crippen LogP contribution in [0.5, 0.6) is 0 Å². The van der Waals surface area contributed by atoms with E-state index < -0.39 is 11.6 Å². The van der Waals surface area contributed by atoms with Gasteiger partial charge in [0.15, 0.2) is 0 Å². The van der Waals surface area contributed by atoms with Gasteiger partial charge in [-0.05, 0) is 35.7 Å². The predicted octanol–water partition coefficient (Wildman–Crippen LogP) is 3.22. The summed E-state index contributed by atoms with van der Waals surface area (Å²) < 4.78 is 28.0. The Morgan fingerprint density at radius 3 is 2.50 bits per heavy atom. The molecule has 1 aromatic heterocycles. The molecule has 0 aliphatic rings. The second-order valence-electron chi connectivity index (χ2n) is 4.41. The standard InChI is InChI=1S/C14H16F2N2/c1-2-14(17)11-3-4-18(9-11)8-10-5-12(15)7-13(16)6-10/h3-7,9,14H,2,8,17H2,1H3. The third-order valence-corrected chi connectivity index (χ3v) is 2.93. The van der Waals surface area contributed by atoms with Gasteiger partial charge in [0.05, 0.1) is 0 Å². The Balaban J connectivity index is 2.16. The number of halogens is 2. The third kappa shape index (κ3) is 2.96. The normalized spacial score (nSPS) is 12.7. The smallest absolute Gasteiger partial charge is 0.126 e. The van der Waals surface area contributed by atoms with E-state index in [1.54, 1.807) is 0 Å². The maximum absolute atomic E-state index is 13.0. The Hall–Kier alpha value is -1.68. The van der Waals surface area contributed by atoms with Gasteiger partial charge in [0.25, 0.3) is 0 Å². The summed E-state index contributed by atoms with van der Waals surface area (Å²) in [6.45, 7) is 2.45. The van der Waals surface area contributed by atoms with Gasteiger partial charge in [-0.15, -0.1) is 0 Å². The van der Waals surface area contributed by atoms with Crippen LogP contribution in [0, 0.1) is 11.6 Å². The summed E-state index contributed by atoms with van der Waals surface area (Å²) in [5.74, 6) is -1.11. The van der Waals surface area contributed by atoms with Crippen LogP contribution in [0.3, 0.4) is 0 Å². The zero-order chi connectivity index (χ0) is 13.1. The van der Waals surface area contributed by atoms with Crippen molar-refractivity contribution in [3.05, 3.63) is 59.4 Å². The van der Waals surface area contributed by atoms with Crippen LogP contribution in [0.25, 0.3) is 0 Å². The molecule has 1 unspecified atom stereocenters. The Bertz CT molecular complexity index is 514. The molecule has 1 atom stereocenters. The van der Waals surface area contributed by atoms with Gasteiger partial charge in [0, 0.05) is 31.0 Å². The molecule has 0 aliphatic carbocycles. The van der Waals surface area contributed by atoms with Crippen LogP contribution in [0.2, 0.25) is 0 Å². The van der Waals surface area contributed by atoms with E-state index in [0.29, 0.717) is 12.1 Å². The minimum Gasteiger partial charge on any atom is -0.350 e. The van der Waals surface area contributed by atoms with E-state index in [0.717, 1.165) is 18.1 Å². The third-order valence-electron chi connectivity index (χ3n) is 2.93. The highest BCUT2D eigenvalue weighted by Crippen LogP contribution is 2.15. The van der Waals surface area contributed by atoms with Gasteiger partial charge in [-0.25, -0.2) is 8.78 Å². The SMILES string of the molecule is CCC(N)c1ccn(Cc2cc(F)cc(F)c2)c1. The molecule has 1 aromatic carbocycles. The first kappa shape index (κ1) is 12.8. The lowest BCUT2D eigenvalue weighted by Gasteiger charge is -2.06. The summed E-state index contributed by atoms with van der Waals surface area (Å²) in [6, 6.07) is 5.49. The molecule has 96 valence electrons. The monoisotopic (exact) mass is 250 g/mol. The van der Waals surface area contributed by atoms with E-state index in [1.807, 2.05) is 30.0 Å². The number of benzene rings is 1. The van der Waals surface area contributed by atoms with Crippen molar-refractivity contribution in [2.24, 2.45) is 5.73 Å². The summed E-state index contributed by atoms with van der Waals surface area (Å²) in [5, 5.41) is 0. The van der Waals surface area contributed by atoms with Crippen molar-refractivity contribution in [2.75, 3.05) is 0 Å². The van der Waals surface area contributed by atoms with Gasteiger partial charge in [-0.1, -0.05) is 6.92 Å². The number of hydrogen-bond acceptors (Lipinski definition) is 1. The van der Waals surface area contributed by atoms with Crippen molar-refractivity contribution < 1.29 is 8.78 Å². The average Bonchev–Trinajstić information content (AvgIpc) is 2.75. The Kier molecular flexibility index (Phi) is 3.77. The second-order valence-corrected chi connectivity index (χ2v) is 4.41. The number of aromatic nitrogens is 1. The predicted molar refractivity (Wildman–Crippen MR) is 67.1 cm³/mol. The molecule has 2 nitrogen and oxygen atoms in total. The molecule has 2 rings (SSSR count). The van der Waals surface area contributed by atoms with Gasteiger partial charge < -0.3 is 10.3 Å². The molecular weight excluding hydrogens is 234 g/mol. The zero-order valence-corrected chi connectivity index (χ0v) is 10.2. The van der Waals surface area contributed by atoms with Crippen LogP contribution in [-0.4, -0.2) is 4.57 Å². The summed E-state index contributed by atoms with van der Waals surface area (Å²) in [7, 11) is 0. The quantitative estimate of drug-likeness (QED) is 0.887. The molecule has 0 saturated carbocycles. The number of nitrogens with zero attached hydrogens (tertiary/aromatic N) is 1. The van der Waals surface area contributed by atoms with Gasteiger partial charge >= 0.3 is 0 Å². The minimum atomic E-state index is -0.553. The van der Waals surface area contributed by atoms with E-state index in [9.17, 15) is 8.78 Å². The zero-order valence-electron chi connectivity index (χ0n) is 10.2. The summed E-state index contributed by atoms with van der Waals surface area (Å²) in [6.07, 6.45) is 4.64. The Labute approximate surface area is 105 Å². The minimum absolute atomic E-state index is 0.00972. The highest BCUT2D eigenvalue weighted by Gasteiger charge is 2.06. The topological polar surface area (TPSA) is 30.9 Å². The van der Waals surface area contributed by atoms with Crippen molar-refractivity contribution in [3.63, 3.8) is 0 Å². The van der Waals surface area contributed by atoms with E-state index in [-0.39, 0.29) is 6.04 Å². The average molecular weight is 250 g/mol. The lowest BCUT2D eigenvalue weighted by atomic mass is 10.1. The number of hydrogen-bond donors (Lipinski definition) is 1. The summed E-state index contributed by atoms with van der Waals surface area (Å²) in [4.78, 5) is 0. The van der Waals surface area contributed by atoms with Crippen LogP contribution in [0.1, 0.15) is 30.5 Å². The maximum atomic E-state index is 13.0. The molecule has 0 aliphatic heterocycles. The van der Waals surface area contributed by atoms with Crippen molar-refractivity contribution in [3.8, 4) is 0 Å². The number of rotatable bonds is 4. The first-order valence-corrected chi connectivity index (χ1v) is 5.94. The van der Waals surface area contributed by atoms with Crippen molar-refractivity contribution in [2.45, 2.75) is 25.9 Å². The lowest BCUT2D eigenvalue weighted by molar-refractivity contribution is 0.577. The molecule has 0 radical (unpaired) electrons. The van der Waals surface area contributed by atoms with Crippen LogP contribution in [0.15, 0.2) is 36.7 Å². The maximum Gasteiger partial charge on any atom is 0.126 e. The molecule has 1 heterocycles. The van der Waals surface area contributed by atoms with E-state index in [2.05, 4.69) is 0 Å². The fourth-order valence-corrected chi connectivity index (χ4v) is 1.93. The fraction of sp³-hybridized carbons (Fsp3) is 0.286. The highest BCUT2D eigenvalue weighted by molar-refractivity contribution is 5.20. The molecule has 0 spiro atoms. The van der Waals surface area contributed by atoms with Crippen LogP contribution >= 0.6 is 0 Å².